The zero-order chi connectivity index (χ0) is 14.1. The number of halogens is 1. The highest BCUT2D eigenvalue weighted by atomic mass is 35.5. The van der Waals surface area contributed by atoms with Gasteiger partial charge in [0, 0.05) is 5.02 Å². The molecular formula is C16H15ClN2O. The van der Waals surface area contributed by atoms with Crippen LogP contribution in [-0.4, -0.2) is 9.97 Å². The van der Waals surface area contributed by atoms with E-state index < -0.39 is 0 Å². The van der Waals surface area contributed by atoms with E-state index in [0.717, 1.165) is 22.6 Å². The molecule has 102 valence electrons. The van der Waals surface area contributed by atoms with Crippen LogP contribution in [0.2, 0.25) is 5.02 Å². The second-order valence-corrected chi connectivity index (χ2v) is 5.39. The topological polar surface area (TPSA) is 37.9 Å². The molecule has 0 spiro atoms. The van der Waals surface area contributed by atoms with Gasteiger partial charge in [0.05, 0.1) is 11.0 Å². The summed E-state index contributed by atoms with van der Waals surface area (Å²) in [4.78, 5) is 7.69. The average molecular weight is 287 g/mol. The summed E-state index contributed by atoms with van der Waals surface area (Å²) < 4.78 is 5.79. The van der Waals surface area contributed by atoms with Crippen LogP contribution >= 0.6 is 11.6 Å². The van der Waals surface area contributed by atoms with E-state index in [1.165, 1.54) is 11.1 Å². The molecular weight excluding hydrogens is 272 g/mol. The van der Waals surface area contributed by atoms with Gasteiger partial charge < -0.3 is 9.72 Å². The lowest BCUT2D eigenvalue weighted by molar-refractivity contribution is 0.297. The van der Waals surface area contributed by atoms with Gasteiger partial charge in [-0.05, 0) is 55.3 Å². The molecule has 0 radical (unpaired) electrons. The van der Waals surface area contributed by atoms with Crippen LogP contribution in [0.1, 0.15) is 17.0 Å². The third-order valence-electron chi connectivity index (χ3n) is 3.06. The first-order chi connectivity index (χ1) is 9.60. The Morgan fingerprint density at radius 3 is 2.60 bits per heavy atom. The van der Waals surface area contributed by atoms with Crippen molar-refractivity contribution in [2.45, 2.75) is 20.5 Å². The molecule has 3 nitrogen and oxygen atoms in total. The number of nitrogens with zero attached hydrogens (tertiary/aromatic N) is 1. The van der Waals surface area contributed by atoms with E-state index in [1.54, 1.807) is 0 Å². The number of benzene rings is 2. The molecule has 3 rings (SSSR count). The first-order valence-electron chi connectivity index (χ1n) is 6.45. The van der Waals surface area contributed by atoms with E-state index >= 15 is 0 Å². The molecule has 0 amide bonds. The number of fused-ring (bicyclic) bond motifs is 1. The standard InChI is InChI=1S/C16H15ClN2O/c1-10-5-11(2)7-13(6-10)20-9-16-18-14-4-3-12(17)8-15(14)19-16/h3-8H,9H2,1-2H3,(H,18,19). The molecule has 0 aliphatic rings. The number of hydrogen-bond acceptors (Lipinski definition) is 2. The summed E-state index contributed by atoms with van der Waals surface area (Å²) in [6, 6.07) is 11.8. The van der Waals surface area contributed by atoms with Crippen molar-refractivity contribution >= 4 is 22.6 Å². The summed E-state index contributed by atoms with van der Waals surface area (Å²) in [6.45, 7) is 4.53. The fourth-order valence-electron chi connectivity index (χ4n) is 2.27. The highest BCUT2D eigenvalue weighted by molar-refractivity contribution is 6.31. The number of H-pyrrole nitrogens is 1. The van der Waals surface area contributed by atoms with Gasteiger partial charge in [0.25, 0.3) is 0 Å². The van der Waals surface area contributed by atoms with E-state index in [4.69, 9.17) is 16.3 Å². The normalized spacial score (nSPS) is 10.9. The largest absolute Gasteiger partial charge is 0.486 e. The number of nitrogens with one attached hydrogen (secondary N) is 1. The maximum atomic E-state index is 5.96. The van der Waals surface area contributed by atoms with Crippen molar-refractivity contribution in [3.8, 4) is 5.75 Å². The molecule has 4 heteroatoms. The molecule has 20 heavy (non-hydrogen) atoms. The van der Waals surface area contributed by atoms with Crippen LogP contribution in [0.25, 0.3) is 11.0 Å². The fraction of sp³-hybridized carbons (Fsp3) is 0.188. The Hall–Kier alpha value is -2.00. The van der Waals surface area contributed by atoms with Crippen LogP contribution < -0.4 is 4.74 Å². The van der Waals surface area contributed by atoms with Crippen molar-refractivity contribution in [3.63, 3.8) is 0 Å². The Morgan fingerprint density at radius 1 is 1.10 bits per heavy atom. The van der Waals surface area contributed by atoms with Gasteiger partial charge in [-0.25, -0.2) is 4.98 Å². The van der Waals surface area contributed by atoms with Crippen molar-refractivity contribution in [2.24, 2.45) is 0 Å². The third-order valence-corrected chi connectivity index (χ3v) is 3.30. The van der Waals surface area contributed by atoms with Gasteiger partial charge in [-0.3, -0.25) is 0 Å². The third kappa shape index (κ3) is 2.78. The minimum absolute atomic E-state index is 0.412. The smallest absolute Gasteiger partial charge is 0.146 e. The molecule has 0 bridgehead atoms. The zero-order valence-electron chi connectivity index (χ0n) is 11.4. The highest BCUT2D eigenvalue weighted by Gasteiger charge is 2.04. The number of aryl methyl sites for hydroxylation is 2. The van der Waals surface area contributed by atoms with Crippen molar-refractivity contribution in [2.75, 3.05) is 0 Å². The molecule has 0 fully saturated rings. The molecule has 0 saturated carbocycles. The van der Waals surface area contributed by atoms with Crippen molar-refractivity contribution in [1.82, 2.24) is 9.97 Å². The van der Waals surface area contributed by atoms with Gasteiger partial charge in [0.2, 0.25) is 0 Å². The van der Waals surface area contributed by atoms with Gasteiger partial charge in [0.15, 0.2) is 0 Å². The van der Waals surface area contributed by atoms with Crippen molar-refractivity contribution < 1.29 is 4.74 Å². The summed E-state index contributed by atoms with van der Waals surface area (Å²) in [5.74, 6) is 1.66. The second kappa shape index (κ2) is 5.17. The quantitative estimate of drug-likeness (QED) is 0.774. The predicted molar refractivity (Wildman–Crippen MR) is 81.4 cm³/mol. The van der Waals surface area contributed by atoms with Crippen LogP contribution in [0.5, 0.6) is 5.75 Å². The fourth-order valence-corrected chi connectivity index (χ4v) is 2.44. The highest BCUT2D eigenvalue weighted by Crippen LogP contribution is 2.20. The first-order valence-corrected chi connectivity index (χ1v) is 6.83. The summed E-state index contributed by atoms with van der Waals surface area (Å²) in [5.41, 5.74) is 4.21. The summed E-state index contributed by atoms with van der Waals surface area (Å²) in [6.07, 6.45) is 0. The van der Waals surface area contributed by atoms with Crippen molar-refractivity contribution in [3.05, 3.63) is 58.4 Å². The Morgan fingerprint density at radius 2 is 1.85 bits per heavy atom. The lowest BCUT2D eigenvalue weighted by Gasteiger charge is -2.06. The number of aromatic amines is 1. The molecule has 0 unspecified atom stereocenters. The Bertz CT molecular complexity index is 744. The maximum absolute atomic E-state index is 5.96. The monoisotopic (exact) mass is 286 g/mol. The Balaban J connectivity index is 1.79. The van der Waals surface area contributed by atoms with E-state index in [2.05, 4.69) is 29.9 Å². The van der Waals surface area contributed by atoms with Gasteiger partial charge in [-0.2, -0.15) is 0 Å². The molecule has 1 heterocycles. The van der Waals surface area contributed by atoms with Gasteiger partial charge in [-0.15, -0.1) is 0 Å². The Kier molecular flexibility index (Phi) is 3.36. The lowest BCUT2D eigenvalue weighted by atomic mass is 10.1. The molecule has 0 atom stereocenters. The Labute approximate surface area is 122 Å². The van der Waals surface area contributed by atoms with Crippen LogP contribution in [0, 0.1) is 13.8 Å². The molecule has 0 aliphatic heterocycles. The predicted octanol–water partition coefficient (Wildman–Crippen LogP) is 4.41. The maximum Gasteiger partial charge on any atom is 0.146 e. The van der Waals surface area contributed by atoms with Crippen LogP contribution in [0.4, 0.5) is 0 Å². The molecule has 1 N–H and O–H groups in total. The average Bonchev–Trinajstić information content (AvgIpc) is 2.77. The number of rotatable bonds is 3. The minimum Gasteiger partial charge on any atom is -0.486 e. The number of ether oxygens (including phenoxy) is 1. The summed E-state index contributed by atoms with van der Waals surface area (Å²) in [7, 11) is 0. The van der Waals surface area contributed by atoms with Gasteiger partial charge >= 0.3 is 0 Å². The summed E-state index contributed by atoms with van der Waals surface area (Å²) >= 11 is 5.96. The minimum atomic E-state index is 0.412. The van der Waals surface area contributed by atoms with Crippen LogP contribution in [-0.2, 0) is 6.61 Å². The van der Waals surface area contributed by atoms with E-state index in [1.807, 2.05) is 30.3 Å². The SMILES string of the molecule is Cc1cc(C)cc(OCc2nc3ccc(Cl)cc3[nH]2)c1. The number of imidazole rings is 1. The molecule has 2 aromatic carbocycles. The van der Waals surface area contributed by atoms with E-state index in [9.17, 15) is 0 Å². The van der Waals surface area contributed by atoms with Crippen molar-refractivity contribution in [1.29, 1.82) is 0 Å². The second-order valence-electron chi connectivity index (χ2n) is 4.96. The first kappa shape index (κ1) is 13.0. The van der Waals surface area contributed by atoms with E-state index in [0.29, 0.717) is 11.6 Å². The molecule has 0 saturated heterocycles. The van der Waals surface area contributed by atoms with Gasteiger partial charge in [0.1, 0.15) is 18.2 Å². The lowest BCUT2D eigenvalue weighted by Crippen LogP contribution is -1.98. The van der Waals surface area contributed by atoms with Crippen LogP contribution in [0.15, 0.2) is 36.4 Å². The number of aromatic nitrogens is 2. The summed E-state index contributed by atoms with van der Waals surface area (Å²) in [5, 5.41) is 0.697. The van der Waals surface area contributed by atoms with Crippen LogP contribution in [0.3, 0.4) is 0 Å². The van der Waals surface area contributed by atoms with E-state index in [-0.39, 0.29) is 0 Å². The molecule has 1 aromatic heterocycles. The number of hydrogen-bond donors (Lipinski definition) is 1. The van der Waals surface area contributed by atoms with Gasteiger partial charge in [-0.1, -0.05) is 17.7 Å². The zero-order valence-corrected chi connectivity index (χ0v) is 12.2. The molecule has 3 aromatic rings. The molecule has 0 aliphatic carbocycles.